The predicted molar refractivity (Wildman–Crippen MR) is 132 cm³/mol. The first-order valence-electron chi connectivity index (χ1n) is 12.4. The van der Waals surface area contributed by atoms with Crippen LogP contribution in [0.25, 0.3) is 0 Å². The molecule has 3 amide bonds. The molecule has 0 radical (unpaired) electrons. The Balaban J connectivity index is 1.25. The minimum absolute atomic E-state index is 0.0356. The van der Waals surface area contributed by atoms with Crippen LogP contribution >= 0.6 is 0 Å². The van der Waals surface area contributed by atoms with Crippen LogP contribution in [0.3, 0.4) is 0 Å². The molecule has 0 unspecified atom stereocenters. The molecule has 0 spiro atoms. The first-order valence-corrected chi connectivity index (χ1v) is 12.4. The Hall–Kier alpha value is -3.39. The molecule has 2 aromatic carbocycles. The van der Waals surface area contributed by atoms with Crippen LogP contribution in [0.15, 0.2) is 42.5 Å². The van der Waals surface area contributed by atoms with Gasteiger partial charge in [-0.3, -0.25) is 19.3 Å². The molecule has 3 aliphatic rings. The standard InChI is InChI=1S/C27H32N4O4/c1-20(32)29-13-11-28(12-14-29)18-21-4-9-25-23(17-21)19-30(15-16-35-25)27(34)22-5-7-24(8-6-22)31-10-2-3-26(31)33/h4-9,17H,2-3,10-16,18-19H2,1H3. The van der Waals surface area contributed by atoms with Crippen LogP contribution in [0.5, 0.6) is 5.75 Å². The van der Waals surface area contributed by atoms with Gasteiger partial charge in [-0.15, -0.1) is 0 Å². The highest BCUT2D eigenvalue weighted by Crippen LogP contribution is 2.27. The molecule has 2 aromatic rings. The van der Waals surface area contributed by atoms with Gasteiger partial charge < -0.3 is 19.4 Å². The number of carbonyl (C=O) groups excluding carboxylic acids is 3. The second-order valence-corrected chi connectivity index (χ2v) is 9.50. The Morgan fingerprint density at radius 1 is 0.914 bits per heavy atom. The third-order valence-corrected chi connectivity index (χ3v) is 7.12. The maximum absolute atomic E-state index is 13.3. The molecule has 2 fully saturated rings. The fourth-order valence-corrected chi connectivity index (χ4v) is 5.09. The molecule has 3 aliphatic heterocycles. The molecule has 8 heteroatoms. The van der Waals surface area contributed by atoms with Gasteiger partial charge in [0.25, 0.3) is 5.91 Å². The molecule has 2 saturated heterocycles. The minimum Gasteiger partial charge on any atom is -0.491 e. The van der Waals surface area contributed by atoms with Crippen LogP contribution in [-0.2, 0) is 22.7 Å². The summed E-state index contributed by atoms with van der Waals surface area (Å²) in [6.45, 7) is 7.86. The van der Waals surface area contributed by atoms with Crippen LogP contribution in [0, 0.1) is 0 Å². The van der Waals surface area contributed by atoms with Crippen molar-refractivity contribution in [3.63, 3.8) is 0 Å². The van der Waals surface area contributed by atoms with E-state index < -0.39 is 0 Å². The average molecular weight is 477 g/mol. The van der Waals surface area contributed by atoms with Crippen molar-refractivity contribution in [2.45, 2.75) is 32.9 Å². The zero-order chi connectivity index (χ0) is 24.4. The Bertz CT molecular complexity index is 1110. The minimum atomic E-state index is -0.0356. The highest BCUT2D eigenvalue weighted by Gasteiger charge is 2.25. The van der Waals surface area contributed by atoms with Crippen LogP contribution in [0.4, 0.5) is 5.69 Å². The van der Waals surface area contributed by atoms with Crippen molar-refractivity contribution >= 4 is 23.4 Å². The number of nitrogens with zero attached hydrogens (tertiary/aromatic N) is 4. The summed E-state index contributed by atoms with van der Waals surface area (Å²) < 4.78 is 5.95. The number of anilines is 1. The lowest BCUT2D eigenvalue weighted by Crippen LogP contribution is -2.47. The number of hydrogen-bond acceptors (Lipinski definition) is 5. The summed E-state index contributed by atoms with van der Waals surface area (Å²) >= 11 is 0. The zero-order valence-electron chi connectivity index (χ0n) is 20.2. The third kappa shape index (κ3) is 5.17. The molecular weight excluding hydrogens is 444 g/mol. The summed E-state index contributed by atoms with van der Waals surface area (Å²) in [5.41, 5.74) is 3.65. The van der Waals surface area contributed by atoms with E-state index in [9.17, 15) is 14.4 Å². The molecule has 35 heavy (non-hydrogen) atoms. The largest absolute Gasteiger partial charge is 0.491 e. The van der Waals surface area contributed by atoms with Crippen molar-refractivity contribution < 1.29 is 19.1 Å². The maximum atomic E-state index is 13.3. The summed E-state index contributed by atoms with van der Waals surface area (Å²) in [7, 11) is 0. The van der Waals surface area contributed by atoms with E-state index in [1.807, 2.05) is 40.1 Å². The molecule has 0 aliphatic carbocycles. The van der Waals surface area contributed by atoms with Crippen LogP contribution in [0.2, 0.25) is 0 Å². The van der Waals surface area contributed by atoms with Gasteiger partial charge in [0.2, 0.25) is 11.8 Å². The summed E-state index contributed by atoms with van der Waals surface area (Å²) in [6, 6.07) is 13.6. The van der Waals surface area contributed by atoms with Crippen molar-refractivity contribution in [2.24, 2.45) is 0 Å². The first kappa shape index (κ1) is 23.4. The van der Waals surface area contributed by atoms with E-state index in [2.05, 4.69) is 17.0 Å². The van der Waals surface area contributed by atoms with Gasteiger partial charge in [0.15, 0.2) is 0 Å². The average Bonchev–Trinajstić information content (AvgIpc) is 3.18. The van der Waals surface area contributed by atoms with Gasteiger partial charge in [-0.1, -0.05) is 6.07 Å². The number of fused-ring (bicyclic) bond motifs is 1. The summed E-state index contributed by atoms with van der Waals surface area (Å²) in [6.07, 6.45) is 1.47. The van der Waals surface area contributed by atoms with Gasteiger partial charge in [0.1, 0.15) is 12.4 Å². The molecule has 0 aromatic heterocycles. The smallest absolute Gasteiger partial charge is 0.254 e. The van der Waals surface area contributed by atoms with E-state index in [0.29, 0.717) is 31.7 Å². The number of piperazine rings is 1. The monoisotopic (exact) mass is 476 g/mol. The molecule has 3 heterocycles. The van der Waals surface area contributed by atoms with Crippen molar-refractivity contribution in [3.8, 4) is 5.75 Å². The molecule has 184 valence electrons. The Morgan fingerprint density at radius 3 is 2.37 bits per heavy atom. The van der Waals surface area contributed by atoms with Gasteiger partial charge in [0.05, 0.1) is 6.54 Å². The van der Waals surface area contributed by atoms with E-state index in [4.69, 9.17) is 4.74 Å². The fraction of sp³-hybridized carbons (Fsp3) is 0.444. The number of ether oxygens (including phenoxy) is 1. The van der Waals surface area contributed by atoms with Gasteiger partial charge in [0, 0.05) is 76.0 Å². The van der Waals surface area contributed by atoms with Gasteiger partial charge in [-0.2, -0.15) is 0 Å². The molecule has 0 N–H and O–H groups in total. The van der Waals surface area contributed by atoms with E-state index in [0.717, 1.165) is 62.7 Å². The normalized spacial score (nSPS) is 18.8. The second kappa shape index (κ2) is 10.1. The SMILES string of the molecule is CC(=O)N1CCN(Cc2ccc3c(c2)CN(C(=O)c2ccc(N4CCCC4=O)cc2)CCO3)CC1. The summed E-state index contributed by atoms with van der Waals surface area (Å²) in [5, 5.41) is 0. The van der Waals surface area contributed by atoms with E-state index in [1.54, 1.807) is 11.8 Å². The zero-order valence-corrected chi connectivity index (χ0v) is 20.2. The van der Waals surface area contributed by atoms with Crippen molar-refractivity contribution in [1.29, 1.82) is 0 Å². The van der Waals surface area contributed by atoms with Crippen molar-refractivity contribution in [1.82, 2.24) is 14.7 Å². The quantitative estimate of drug-likeness (QED) is 0.678. The van der Waals surface area contributed by atoms with Crippen LogP contribution < -0.4 is 9.64 Å². The lowest BCUT2D eigenvalue weighted by Gasteiger charge is -2.34. The molecule has 0 saturated carbocycles. The summed E-state index contributed by atoms with van der Waals surface area (Å²) in [4.78, 5) is 44.7. The second-order valence-electron chi connectivity index (χ2n) is 9.50. The number of hydrogen-bond donors (Lipinski definition) is 0. The third-order valence-electron chi connectivity index (χ3n) is 7.12. The summed E-state index contributed by atoms with van der Waals surface area (Å²) in [5.74, 6) is 1.07. The fourth-order valence-electron chi connectivity index (χ4n) is 5.09. The predicted octanol–water partition coefficient (Wildman–Crippen LogP) is 2.51. The number of amides is 3. The highest BCUT2D eigenvalue weighted by atomic mass is 16.5. The van der Waals surface area contributed by atoms with Gasteiger partial charge in [-0.05, 0) is 48.4 Å². The topological polar surface area (TPSA) is 73.4 Å². The number of carbonyl (C=O) groups is 3. The Morgan fingerprint density at radius 2 is 1.69 bits per heavy atom. The van der Waals surface area contributed by atoms with E-state index in [1.165, 1.54) is 5.56 Å². The van der Waals surface area contributed by atoms with Gasteiger partial charge in [-0.25, -0.2) is 0 Å². The lowest BCUT2D eigenvalue weighted by molar-refractivity contribution is -0.130. The van der Waals surface area contributed by atoms with Gasteiger partial charge >= 0.3 is 0 Å². The van der Waals surface area contributed by atoms with Crippen molar-refractivity contribution in [2.75, 3.05) is 50.8 Å². The maximum Gasteiger partial charge on any atom is 0.254 e. The Labute approximate surface area is 206 Å². The Kier molecular flexibility index (Phi) is 6.72. The van der Waals surface area contributed by atoms with Crippen molar-refractivity contribution in [3.05, 3.63) is 59.2 Å². The van der Waals surface area contributed by atoms with E-state index >= 15 is 0 Å². The number of benzene rings is 2. The molecule has 0 atom stereocenters. The van der Waals surface area contributed by atoms with Crippen LogP contribution in [0.1, 0.15) is 41.3 Å². The molecule has 0 bridgehead atoms. The number of rotatable bonds is 4. The molecule has 8 nitrogen and oxygen atoms in total. The lowest BCUT2D eigenvalue weighted by atomic mass is 10.1. The van der Waals surface area contributed by atoms with E-state index in [-0.39, 0.29) is 17.7 Å². The van der Waals surface area contributed by atoms with Crippen LogP contribution in [-0.4, -0.2) is 78.3 Å². The molecular formula is C27H32N4O4. The highest BCUT2D eigenvalue weighted by molar-refractivity contribution is 5.97. The first-order chi connectivity index (χ1) is 17.0. The molecule has 5 rings (SSSR count).